The predicted molar refractivity (Wildman–Crippen MR) is 176 cm³/mol. The maximum Gasteiger partial charge on any atom is 0.138 e. The topological polar surface area (TPSA) is 22.8 Å². The lowest BCUT2D eigenvalue weighted by atomic mass is 10.0. The van der Waals surface area contributed by atoms with E-state index in [1.165, 1.54) is 49.0 Å². The lowest BCUT2D eigenvalue weighted by Gasteiger charge is -2.10. The summed E-state index contributed by atoms with van der Waals surface area (Å²) in [5.74, 6) is 0.920. The molecule has 0 radical (unpaired) electrons. The summed E-state index contributed by atoms with van der Waals surface area (Å²) in [6.07, 6.45) is 0. The normalized spacial score (nSPS) is 11.8. The highest BCUT2D eigenvalue weighted by molar-refractivity contribution is 6.18. The summed E-state index contributed by atoms with van der Waals surface area (Å²) in [4.78, 5) is 5.15. The number of pyridine rings is 1. The third-order valence-corrected chi connectivity index (χ3v) is 8.47. The van der Waals surface area contributed by atoms with Gasteiger partial charge in [-0.3, -0.25) is 4.57 Å². The first-order chi connectivity index (χ1) is 20.8. The highest BCUT2D eigenvalue weighted by Gasteiger charge is 2.17. The molecule has 3 aromatic heterocycles. The number of hydrogen-bond acceptors (Lipinski definition) is 1. The van der Waals surface area contributed by atoms with Crippen molar-refractivity contribution < 1.29 is 0 Å². The predicted octanol–water partition coefficient (Wildman–Crippen LogP) is 10.1. The molecule has 0 aliphatic carbocycles. The Balaban J connectivity index is 1.36. The van der Waals surface area contributed by atoms with Gasteiger partial charge in [0.25, 0.3) is 0 Å². The summed E-state index contributed by atoms with van der Waals surface area (Å²) in [7, 11) is 0. The molecule has 9 aromatic rings. The third kappa shape index (κ3) is 3.37. The highest BCUT2D eigenvalue weighted by atomic mass is 15.1. The number of rotatable bonds is 3. The minimum absolute atomic E-state index is 0.920. The van der Waals surface area contributed by atoms with Crippen LogP contribution in [0.5, 0.6) is 0 Å². The molecule has 0 amide bonds. The molecule has 9 rings (SSSR count). The molecule has 3 heteroatoms. The van der Waals surface area contributed by atoms with Crippen LogP contribution in [0, 0.1) is 0 Å². The summed E-state index contributed by atoms with van der Waals surface area (Å²) >= 11 is 0. The van der Waals surface area contributed by atoms with Crippen molar-refractivity contribution in [2.75, 3.05) is 0 Å². The molecule has 0 fully saturated rings. The second-order valence-corrected chi connectivity index (χ2v) is 10.9. The summed E-state index contributed by atoms with van der Waals surface area (Å²) < 4.78 is 4.70. The zero-order chi connectivity index (χ0) is 27.6. The van der Waals surface area contributed by atoms with Crippen LogP contribution in [-0.4, -0.2) is 14.1 Å². The third-order valence-electron chi connectivity index (χ3n) is 8.47. The summed E-state index contributed by atoms with van der Waals surface area (Å²) in [6, 6.07) is 54.1. The van der Waals surface area contributed by atoms with Crippen LogP contribution in [0.15, 0.2) is 152 Å². The molecule has 3 nitrogen and oxygen atoms in total. The minimum Gasteiger partial charge on any atom is -0.309 e. The van der Waals surface area contributed by atoms with Crippen molar-refractivity contribution in [3.05, 3.63) is 152 Å². The van der Waals surface area contributed by atoms with Crippen LogP contribution in [-0.2, 0) is 0 Å². The molecule has 0 N–H and O–H groups in total. The van der Waals surface area contributed by atoms with E-state index in [0.29, 0.717) is 0 Å². The van der Waals surface area contributed by atoms with Gasteiger partial charge >= 0.3 is 0 Å². The Kier molecular flexibility index (Phi) is 4.90. The Morgan fingerprint density at radius 2 is 0.929 bits per heavy atom. The van der Waals surface area contributed by atoms with Crippen LogP contribution in [0.3, 0.4) is 0 Å². The van der Waals surface area contributed by atoms with E-state index < -0.39 is 0 Å². The number of nitrogens with zero attached hydrogens (tertiary/aromatic N) is 3. The van der Waals surface area contributed by atoms with Crippen LogP contribution in [0.1, 0.15) is 0 Å². The molecule has 0 unspecified atom stereocenters. The molecular weight excluding hydrogens is 510 g/mol. The lowest BCUT2D eigenvalue weighted by molar-refractivity contribution is 1.08. The number of para-hydroxylation sites is 3. The number of aromatic nitrogens is 3. The fraction of sp³-hybridized carbons (Fsp3) is 0. The smallest absolute Gasteiger partial charge is 0.138 e. The van der Waals surface area contributed by atoms with Crippen LogP contribution in [0.2, 0.25) is 0 Å². The van der Waals surface area contributed by atoms with Gasteiger partial charge in [0, 0.05) is 32.8 Å². The van der Waals surface area contributed by atoms with E-state index in [9.17, 15) is 0 Å². The van der Waals surface area contributed by atoms with Gasteiger partial charge in [-0.05, 0) is 71.4 Å². The molecule has 0 spiro atoms. The van der Waals surface area contributed by atoms with Crippen LogP contribution < -0.4 is 0 Å². The van der Waals surface area contributed by atoms with E-state index >= 15 is 0 Å². The molecule has 0 bridgehead atoms. The first-order valence-corrected chi connectivity index (χ1v) is 14.3. The molecule has 0 aliphatic heterocycles. The summed E-state index contributed by atoms with van der Waals surface area (Å²) in [5.41, 5.74) is 8.01. The minimum atomic E-state index is 0.920. The summed E-state index contributed by atoms with van der Waals surface area (Å²) in [6.45, 7) is 0. The van der Waals surface area contributed by atoms with Gasteiger partial charge < -0.3 is 4.57 Å². The van der Waals surface area contributed by atoms with Crippen molar-refractivity contribution in [3.63, 3.8) is 0 Å². The maximum absolute atomic E-state index is 5.15. The standard InChI is InChI=1S/C39H25N3/c1-3-12-26(13-4-1)34-18-11-21-39(40-34)42-36-20-10-8-17-31(36)33-23-27-24-37-32(22-28(27)25-38(33)42)30-16-7-9-19-35(30)41(37)29-14-5-2-6-15-29/h1-25H. The molecule has 0 saturated carbocycles. The zero-order valence-electron chi connectivity index (χ0n) is 22.8. The van der Waals surface area contributed by atoms with E-state index in [4.69, 9.17) is 4.98 Å². The second-order valence-electron chi connectivity index (χ2n) is 10.9. The SMILES string of the molecule is c1ccc(-c2cccc(-n3c4ccccc4c4cc5cc6c(cc5cc43)c3ccccc3n6-c3ccccc3)n2)cc1. The molecule has 0 saturated heterocycles. The van der Waals surface area contributed by atoms with Gasteiger partial charge in [-0.25, -0.2) is 4.98 Å². The average Bonchev–Trinajstić information content (AvgIpc) is 3.55. The Hall–Kier alpha value is -5.67. The fourth-order valence-corrected chi connectivity index (χ4v) is 6.60. The number of hydrogen-bond donors (Lipinski definition) is 0. The molecule has 42 heavy (non-hydrogen) atoms. The van der Waals surface area contributed by atoms with Crippen molar-refractivity contribution in [3.8, 4) is 22.8 Å². The van der Waals surface area contributed by atoms with E-state index in [1.807, 2.05) is 6.07 Å². The average molecular weight is 536 g/mol. The van der Waals surface area contributed by atoms with Gasteiger partial charge in [0.05, 0.1) is 27.8 Å². The fourth-order valence-electron chi connectivity index (χ4n) is 6.60. The van der Waals surface area contributed by atoms with Gasteiger partial charge in [0.1, 0.15) is 5.82 Å². The van der Waals surface area contributed by atoms with E-state index in [1.54, 1.807) is 0 Å². The van der Waals surface area contributed by atoms with Crippen molar-refractivity contribution in [2.24, 2.45) is 0 Å². The molecule has 0 aliphatic rings. The van der Waals surface area contributed by atoms with E-state index in [2.05, 4.69) is 155 Å². The monoisotopic (exact) mass is 535 g/mol. The van der Waals surface area contributed by atoms with Crippen LogP contribution in [0.25, 0.3) is 77.1 Å². The molecule has 6 aromatic carbocycles. The first-order valence-electron chi connectivity index (χ1n) is 14.3. The molecule has 0 atom stereocenters. The summed E-state index contributed by atoms with van der Waals surface area (Å²) in [5, 5.41) is 7.42. The van der Waals surface area contributed by atoms with Crippen molar-refractivity contribution in [1.82, 2.24) is 14.1 Å². The van der Waals surface area contributed by atoms with Gasteiger partial charge in [-0.2, -0.15) is 0 Å². The lowest BCUT2D eigenvalue weighted by Crippen LogP contribution is -1.98. The van der Waals surface area contributed by atoms with Gasteiger partial charge in [0.2, 0.25) is 0 Å². The molecular formula is C39H25N3. The first kappa shape index (κ1) is 23.1. The molecule has 3 heterocycles. The second kappa shape index (κ2) is 8.92. The van der Waals surface area contributed by atoms with Crippen molar-refractivity contribution >= 4 is 54.4 Å². The van der Waals surface area contributed by atoms with Crippen LogP contribution >= 0.6 is 0 Å². The van der Waals surface area contributed by atoms with Gasteiger partial charge in [-0.15, -0.1) is 0 Å². The number of fused-ring (bicyclic) bond motifs is 7. The van der Waals surface area contributed by atoms with Gasteiger partial charge in [-0.1, -0.05) is 91.0 Å². The largest absolute Gasteiger partial charge is 0.309 e. The van der Waals surface area contributed by atoms with Gasteiger partial charge in [0.15, 0.2) is 0 Å². The Labute approximate surface area is 242 Å². The highest BCUT2D eigenvalue weighted by Crippen LogP contribution is 2.39. The Bertz CT molecular complexity index is 2450. The van der Waals surface area contributed by atoms with E-state index in [0.717, 1.165) is 28.1 Å². The zero-order valence-corrected chi connectivity index (χ0v) is 22.8. The van der Waals surface area contributed by atoms with Crippen LogP contribution in [0.4, 0.5) is 0 Å². The Morgan fingerprint density at radius 1 is 0.381 bits per heavy atom. The quantitative estimate of drug-likeness (QED) is 0.221. The van der Waals surface area contributed by atoms with Crippen molar-refractivity contribution in [2.45, 2.75) is 0 Å². The van der Waals surface area contributed by atoms with Crippen molar-refractivity contribution in [1.29, 1.82) is 0 Å². The number of benzene rings is 6. The molecule has 196 valence electrons. The maximum atomic E-state index is 5.15. The van der Waals surface area contributed by atoms with E-state index in [-0.39, 0.29) is 0 Å². The Morgan fingerprint density at radius 3 is 1.60 bits per heavy atom.